The molecule has 130 valence electrons. The van der Waals surface area contributed by atoms with Gasteiger partial charge in [-0.15, -0.1) is 0 Å². The molecule has 1 aliphatic carbocycles. The van der Waals surface area contributed by atoms with E-state index in [0.29, 0.717) is 6.42 Å². The summed E-state index contributed by atoms with van der Waals surface area (Å²) >= 11 is 0. The van der Waals surface area contributed by atoms with Gasteiger partial charge in [-0.05, 0) is 11.8 Å². The van der Waals surface area contributed by atoms with Crippen LogP contribution in [0.15, 0.2) is 23.3 Å². The predicted octanol–water partition coefficient (Wildman–Crippen LogP) is 4.20. The number of hydrogen-bond acceptors (Lipinski definition) is 3. The van der Waals surface area contributed by atoms with Crippen LogP contribution in [0.5, 0.6) is 0 Å². The van der Waals surface area contributed by atoms with Crippen molar-refractivity contribution in [1.82, 2.24) is 4.98 Å². The number of methoxy groups -OCH3 is 1. The Bertz CT molecular complexity index is 722. The number of hydrogen-bond donors (Lipinski definition) is 0. The Balaban J connectivity index is 2.70. The summed E-state index contributed by atoms with van der Waals surface area (Å²) in [6.45, 7) is 5.65. The van der Waals surface area contributed by atoms with E-state index in [1.165, 1.54) is 12.2 Å². The van der Waals surface area contributed by atoms with Crippen molar-refractivity contribution in [3.05, 3.63) is 52.4 Å². The first-order valence-corrected chi connectivity index (χ1v) is 7.27. The van der Waals surface area contributed by atoms with Gasteiger partial charge in [-0.1, -0.05) is 38.5 Å². The number of nitrogens with zero attached hydrogens (tertiary/aromatic N) is 1. The highest BCUT2D eigenvalue weighted by atomic mass is 19.2. The molecular weight excluding hydrogens is 326 g/mol. The number of esters is 1. The number of aromatic nitrogens is 1. The number of rotatable bonds is 2. The van der Waals surface area contributed by atoms with Crippen LogP contribution in [-0.2, 0) is 9.53 Å². The van der Waals surface area contributed by atoms with E-state index in [4.69, 9.17) is 0 Å². The van der Waals surface area contributed by atoms with Gasteiger partial charge in [-0.25, -0.2) is 13.6 Å². The smallest absolute Gasteiger partial charge is 0.334 e. The van der Waals surface area contributed by atoms with Gasteiger partial charge in [0.15, 0.2) is 11.6 Å². The molecule has 0 fully saturated rings. The summed E-state index contributed by atoms with van der Waals surface area (Å²) in [7, 11) is 1.11. The molecule has 0 radical (unpaired) electrons. The van der Waals surface area contributed by atoms with E-state index in [1.54, 1.807) is 0 Å². The molecule has 1 aromatic rings. The van der Waals surface area contributed by atoms with Crippen molar-refractivity contribution in [2.24, 2.45) is 5.41 Å². The summed E-state index contributed by atoms with van der Waals surface area (Å²) in [5.41, 5.74) is -0.545. The molecule has 0 aromatic carbocycles. The van der Waals surface area contributed by atoms with Gasteiger partial charge in [0.05, 0.1) is 7.11 Å². The highest BCUT2D eigenvalue weighted by Gasteiger charge is 2.34. The minimum absolute atomic E-state index is 0.0756. The van der Waals surface area contributed by atoms with E-state index in [2.05, 4.69) is 9.72 Å². The van der Waals surface area contributed by atoms with Gasteiger partial charge in [-0.3, -0.25) is 0 Å². The Kier molecular flexibility index (Phi) is 4.82. The molecule has 0 saturated heterocycles. The number of pyridine rings is 1. The van der Waals surface area contributed by atoms with Gasteiger partial charge >= 0.3 is 5.97 Å². The quantitative estimate of drug-likeness (QED) is 0.350. The van der Waals surface area contributed by atoms with Crippen LogP contribution in [0.3, 0.4) is 0 Å². The first kappa shape index (κ1) is 18.2. The van der Waals surface area contributed by atoms with Gasteiger partial charge in [0, 0.05) is 17.1 Å². The zero-order chi connectivity index (χ0) is 18.2. The highest BCUT2D eigenvalue weighted by Crippen LogP contribution is 2.41. The molecule has 1 aromatic heterocycles. The molecule has 1 heterocycles. The Morgan fingerprint density at radius 2 is 1.71 bits per heavy atom. The summed E-state index contributed by atoms with van der Waals surface area (Å²) in [5, 5.41) is 0. The van der Waals surface area contributed by atoms with Crippen molar-refractivity contribution < 1.29 is 27.1 Å². The molecule has 24 heavy (non-hydrogen) atoms. The van der Waals surface area contributed by atoms with E-state index in [0.717, 1.165) is 12.7 Å². The van der Waals surface area contributed by atoms with Crippen LogP contribution in [0.25, 0.3) is 0 Å². The number of allylic oxidation sites excluding steroid dienone is 3. The molecule has 0 aliphatic heterocycles. The third-order valence-electron chi connectivity index (χ3n) is 3.97. The standard InChI is InChI=1S/C17H17F4NO2/c1-17(2,3)8-5-6-9(16(23)24-4)10(7-8)11-12(18)14(20)22-15(21)13(11)19/h6-7,10H,5H2,1-4H3. The van der Waals surface area contributed by atoms with Crippen molar-refractivity contribution >= 4 is 5.97 Å². The van der Waals surface area contributed by atoms with Crippen LogP contribution in [0.1, 0.15) is 38.7 Å². The van der Waals surface area contributed by atoms with Gasteiger partial charge < -0.3 is 4.74 Å². The average molecular weight is 343 g/mol. The lowest BCUT2D eigenvalue weighted by molar-refractivity contribution is -0.136. The van der Waals surface area contributed by atoms with E-state index >= 15 is 0 Å². The maximum Gasteiger partial charge on any atom is 0.334 e. The van der Waals surface area contributed by atoms with Gasteiger partial charge in [-0.2, -0.15) is 13.8 Å². The molecule has 0 spiro atoms. The maximum atomic E-state index is 14.1. The summed E-state index contributed by atoms with van der Waals surface area (Å²) < 4.78 is 59.8. The fourth-order valence-corrected chi connectivity index (χ4v) is 2.61. The molecular formula is C17H17F4NO2. The van der Waals surface area contributed by atoms with Crippen molar-refractivity contribution in [1.29, 1.82) is 0 Å². The third kappa shape index (κ3) is 3.20. The van der Waals surface area contributed by atoms with E-state index in [9.17, 15) is 22.4 Å². The lowest BCUT2D eigenvalue weighted by Gasteiger charge is -2.29. The topological polar surface area (TPSA) is 39.2 Å². The summed E-state index contributed by atoms with van der Waals surface area (Å²) in [4.78, 5) is 14.5. The Morgan fingerprint density at radius 3 is 2.17 bits per heavy atom. The van der Waals surface area contributed by atoms with Crippen LogP contribution < -0.4 is 0 Å². The van der Waals surface area contributed by atoms with Crippen LogP contribution in [0.4, 0.5) is 17.6 Å². The molecule has 0 bridgehead atoms. The Hall–Kier alpha value is -2.18. The first-order valence-electron chi connectivity index (χ1n) is 7.27. The van der Waals surface area contributed by atoms with E-state index in [1.807, 2.05) is 20.8 Å². The molecule has 1 atom stereocenters. The largest absolute Gasteiger partial charge is 0.466 e. The van der Waals surface area contributed by atoms with Crippen molar-refractivity contribution in [3.8, 4) is 0 Å². The van der Waals surface area contributed by atoms with Gasteiger partial charge in [0.2, 0.25) is 0 Å². The lowest BCUT2D eigenvalue weighted by atomic mass is 9.76. The lowest BCUT2D eigenvalue weighted by Crippen LogP contribution is -2.22. The molecule has 0 N–H and O–H groups in total. The minimum atomic E-state index is -1.76. The second-order valence-corrected chi connectivity index (χ2v) is 6.51. The van der Waals surface area contributed by atoms with E-state index in [-0.39, 0.29) is 11.0 Å². The zero-order valence-electron chi connectivity index (χ0n) is 13.7. The molecule has 1 unspecified atom stereocenters. The normalized spacial score (nSPS) is 18.1. The Labute approximate surface area is 137 Å². The Morgan fingerprint density at radius 1 is 1.17 bits per heavy atom. The summed E-state index contributed by atoms with van der Waals surface area (Å²) in [6, 6.07) is 0. The zero-order valence-corrected chi connectivity index (χ0v) is 13.7. The molecule has 1 aliphatic rings. The van der Waals surface area contributed by atoms with Crippen molar-refractivity contribution in [2.45, 2.75) is 33.1 Å². The van der Waals surface area contributed by atoms with Gasteiger partial charge in [0.25, 0.3) is 11.9 Å². The monoisotopic (exact) mass is 343 g/mol. The SMILES string of the molecule is COC(=O)C1=CCC(C(C)(C)C)=CC1c1c(F)c(F)nc(F)c1F. The fourth-order valence-electron chi connectivity index (χ4n) is 2.61. The number of carbonyl (C=O) groups excluding carboxylic acids is 1. The molecule has 2 rings (SSSR count). The number of ether oxygens (including phenoxy) is 1. The maximum absolute atomic E-state index is 14.1. The van der Waals surface area contributed by atoms with Crippen LogP contribution >= 0.6 is 0 Å². The second kappa shape index (κ2) is 6.37. The highest BCUT2D eigenvalue weighted by molar-refractivity contribution is 5.91. The molecule has 0 amide bonds. The van der Waals surface area contributed by atoms with Crippen molar-refractivity contribution in [2.75, 3.05) is 7.11 Å². The number of carbonyl (C=O) groups is 1. The van der Waals surface area contributed by atoms with E-state index < -0.39 is 41.0 Å². The number of halogens is 4. The summed E-state index contributed by atoms with van der Waals surface area (Å²) in [6.07, 6.45) is 3.28. The van der Waals surface area contributed by atoms with Crippen LogP contribution in [0, 0.1) is 28.9 Å². The van der Waals surface area contributed by atoms with Crippen LogP contribution in [0.2, 0.25) is 0 Å². The predicted molar refractivity (Wildman–Crippen MR) is 79.1 cm³/mol. The average Bonchev–Trinajstić information content (AvgIpc) is 2.51. The summed E-state index contributed by atoms with van der Waals surface area (Å²) in [5.74, 6) is -8.89. The van der Waals surface area contributed by atoms with Crippen LogP contribution in [-0.4, -0.2) is 18.1 Å². The van der Waals surface area contributed by atoms with Crippen molar-refractivity contribution in [3.63, 3.8) is 0 Å². The second-order valence-electron chi connectivity index (χ2n) is 6.51. The molecule has 7 heteroatoms. The van der Waals surface area contributed by atoms with Gasteiger partial charge in [0.1, 0.15) is 0 Å². The molecule has 0 saturated carbocycles. The fraction of sp³-hybridized carbons (Fsp3) is 0.412. The minimum Gasteiger partial charge on any atom is -0.466 e. The third-order valence-corrected chi connectivity index (χ3v) is 3.97. The first-order chi connectivity index (χ1) is 11.1. The molecule has 3 nitrogen and oxygen atoms in total.